The highest BCUT2D eigenvalue weighted by atomic mass is 32.1. The van der Waals surface area contributed by atoms with Crippen LogP contribution in [0.4, 0.5) is 4.39 Å². The molecule has 1 aromatic rings. The molecular weight excluding hydrogens is 197 g/mol. The van der Waals surface area contributed by atoms with Gasteiger partial charge in [0.25, 0.3) is 0 Å². The molecule has 1 saturated heterocycles. The van der Waals surface area contributed by atoms with E-state index >= 15 is 0 Å². The number of halogens is 1. The molecule has 0 aromatic carbocycles. The predicted octanol–water partition coefficient (Wildman–Crippen LogP) is 2.99. The third-order valence-electron chi connectivity index (χ3n) is 3.10. The molecule has 1 aromatic heterocycles. The Hall–Kier alpha value is -0.410. The molecule has 0 saturated carbocycles. The van der Waals surface area contributed by atoms with Gasteiger partial charge >= 0.3 is 0 Å². The fourth-order valence-corrected chi connectivity index (χ4v) is 3.03. The van der Waals surface area contributed by atoms with Crippen molar-refractivity contribution in [3.8, 4) is 0 Å². The summed E-state index contributed by atoms with van der Waals surface area (Å²) in [6, 6.07) is 1.91. The van der Waals surface area contributed by atoms with Crippen LogP contribution < -0.4 is 5.32 Å². The van der Waals surface area contributed by atoms with E-state index in [0.29, 0.717) is 0 Å². The zero-order valence-corrected chi connectivity index (χ0v) is 9.46. The summed E-state index contributed by atoms with van der Waals surface area (Å²) in [5.41, 5.74) is -0.345. The average molecular weight is 213 g/mol. The first-order valence-corrected chi connectivity index (χ1v) is 5.97. The third-order valence-corrected chi connectivity index (χ3v) is 3.95. The van der Waals surface area contributed by atoms with Gasteiger partial charge in [-0.3, -0.25) is 0 Å². The minimum absolute atomic E-state index is 0.00389. The number of rotatable bonds is 2. The van der Waals surface area contributed by atoms with Crippen LogP contribution in [0.2, 0.25) is 0 Å². The zero-order chi connectivity index (χ0) is 10.2. The van der Waals surface area contributed by atoms with Gasteiger partial charge in [-0.1, -0.05) is 0 Å². The minimum Gasteiger partial charge on any atom is -0.311 e. The van der Waals surface area contributed by atoms with Gasteiger partial charge in [0, 0.05) is 16.5 Å². The highest BCUT2D eigenvalue weighted by Crippen LogP contribution is 2.37. The van der Waals surface area contributed by atoms with Crippen LogP contribution in [-0.4, -0.2) is 12.6 Å². The summed E-state index contributed by atoms with van der Waals surface area (Å²) < 4.78 is 14.6. The average Bonchev–Trinajstić information content (AvgIpc) is 2.72. The SMILES string of the molecule is Cc1sccc1C(C)(F)C1CCCN1. The van der Waals surface area contributed by atoms with E-state index in [4.69, 9.17) is 0 Å². The second-order valence-corrected chi connectivity index (χ2v) is 5.24. The number of hydrogen-bond donors (Lipinski definition) is 1. The molecule has 78 valence electrons. The molecule has 2 rings (SSSR count). The van der Waals surface area contributed by atoms with Crippen LogP contribution in [0.3, 0.4) is 0 Å². The second kappa shape index (κ2) is 3.63. The molecule has 14 heavy (non-hydrogen) atoms. The maximum atomic E-state index is 14.6. The normalized spacial score (nSPS) is 26.4. The van der Waals surface area contributed by atoms with Crippen molar-refractivity contribution in [2.75, 3.05) is 6.54 Å². The molecule has 0 aliphatic carbocycles. The summed E-state index contributed by atoms with van der Waals surface area (Å²) in [6.45, 7) is 4.64. The first kappa shape index (κ1) is 10.1. The smallest absolute Gasteiger partial charge is 0.149 e. The van der Waals surface area contributed by atoms with E-state index < -0.39 is 5.67 Å². The van der Waals surface area contributed by atoms with Gasteiger partial charge in [0.1, 0.15) is 5.67 Å². The fraction of sp³-hybridized carbons (Fsp3) is 0.636. The highest BCUT2D eigenvalue weighted by molar-refractivity contribution is 7.10. The van der Waals surface area contributed by atoms with Crippen molar-refractivity contribution in [3.05, 3.63) is 21.9 Å². The first-order chi connectivity index (χ1) is 6.62. The molecule has 0 amide bonds. The standard InChI is InChI=1S/C11H16FNS/c1-8-9(5-7-14-8)11(2,12)10-4-3-6-13-10/h5,7,10,13H,3-4,6H2,1-2H3. The van der Waals surface area contributed by atoms with E-state index in [9.17, 15) is 4.39 Å². The van der Waals surface area contributed by atoms with Crippen molar-refractivity contribution in [3.63, 3.8) is 0 Å². The molecule has 2 atom stereocenters. The Kier molecular flexibility index (Phi) is 2.62. The van der Waals surface area contributed by atoms with Gasteiger partial charge in [0.05, 0.1) is 0 Å². The molecule has 1 nitrogen and oxygen atoms in total. The molecule has 3 heteroatoms. The number of alkyl halides is 1. The lowest BCUT2D eigenvalue weighted by Crippen LogP contribution is -2.39. The Bertz CT molecular complexity index is 313. The van der Waals surface area contributed by atoms with Gasteiger partial charge < -0.3 is 5.32 Å². The Labute approximate surface area is 88.3 Å². The maximum Gasteiger partial charge on any atom is 0.149 e. The van der Waals surface area contributed by atoms with Gasteiger partial charge in [-0.2, -0.15) is 0 Å². The van der Waals surface area contributed by atoms with Crippen molar-refractivity contribution in [1.82, 2.24) is 5.32 Å². The molecule has 0 spiro atoms. The molecular formula is C11H16FNS. The van der Waals surface area contributed by atoms with Crippen LogP contribution in [-0.2, 0) is 5.67 Å². The summed E-state index contributed by atoms with van der Waals surface area (Å²) in [5.74, 6) is 0. The van der Waals surface area contributed by atoms with Crippen molar-refractivity contribution >= 4 is 11.3 Å². The molecule has 0 radical (unpaired) electrons. The number of nitrogens with one attached hydrogen (secondary N) is 1. The zero-order valence-electron chi connectivity index (χ0n) is 8.64. The number of hydrogen-bond acceptors (Lipinski definition) is 2. The predicted molar refractivity (Wildman–Crippen MR) is 58.5 cm³/mol. The van der Waals surface area contributed by atoms with Crippen LogP contribution in [0.15, 0.2) is 11.4 Å². The Morgan fingerprint density at radius 3 is 2.93 bits per heavy atom. The largest absolute Gasteiger partial charge is 0.311 e. The molecule has 2 heterocycles. The van der Waals surface area contributed by atoms with Gasteiger partial charge in [-0.05, 0) is 44.7 Å². The summed E-state index contributed by atoms with van der Waals surface area (Å²) in [7, 11) is 0. The Morgan fingerprint density at radius 2 is 2.43 bits per heavy atom. The lowest BCUT2D eigenvalue weighted by Gasteiger charge is -2.27. The topological polar surface area (TPSA) is 12.0 Å². The van der Waals surface area contributed by atoms with E-state index in [1.54, 1.807) is 18.3 Å². The van der Waals surface area contributed by atoms with E-state index in [-0.39, 0.29) is 6.04 Å². The monoisotopic (exact) mass is 213 g/mol. The van der Waals surface area contributed by atoms with Crippen molar-refractivity contribution in [2.45, 2.75) is 38.4 Å². The summed E-state index contributed by atoms with van der Waals surface area (Å²) >= 11 is 1.62. The maximum absolute atomic E-state index is 14.6. The summed E-state index contributed by atoms with van der Waals surface area (Å²) in [5, 5.41) is 5.21. The molecule has 1 fully saturated rings. The molecule has 1 aliphatic rings. The van der Waals surface area contributed by atoms with Crippen molar-refractivity contribution < 1.29 is 4.39 Å². The first-order valence-electron chi connectivity index (χ1n) is 5.09. The molecule has 1 N–H and O–H groups in total. The third kappa shape index (κ3) is 1.59. The van der Waals surface area contributed by atoms with E-state index in [1.165, 1.54) is 0 Å². The van der Waals surface area contributed by atoms with Crippen LogP contribution in [0, 0.1) is 6.92 Å². The van der Waals surface area contributed by atoms with Crippen LogP contribution in [0.1, 0.15) is 30.2 Å². The number of thiophene rings is 1. The van der Waals surface area contributed by atoms with E-state index in [2.05, 4.69) is 5.32 Å². The fourth-order valence-electron chi connectivity index (χ4n) is 2.23. The van der Waals surface area contributed by atoms with Crippen molar-refractivity contribution in [1.29, 1.82) is 0 Å². The minimum atomic E-state index is -1.21. The quantitative estimate of drug-likeness (QED) is 0.796. The summed E-state index contributed by atoms with van der Waals surface area (Å²) in [4.78, 5) is 1.10. The highest BCUT2D eigenvalue weighted by Gasteiger charge is 2.38. The Morgan fingerprint density at radius 1 is 1.64 bits per heavy atom. The molecule has 1 aliphatic heterocycles. The summed E-state index contributed by atoms with van der Waals surface area (Å²) in [6.07, 6.45) is 2.04. The van der Waals surface area contributed by atoms with Gasteiger partial charge in [-0.25, -0.2) is 4.39 Å². The Balaban J connectivity index is 2.26. The lowest BCUT2D eigenvalue weighted by atomic mass is 9.89. The van der Waals surface area contributed by atoms with Crippen molar-refractivity contribution in [2.24, 2.45) is 0 Å². The van der Waals surface area contributed by atoms with Gasteiger partial charge in [0.15, 0.2) is 0 Å². The molecule has 2 unspecified atom stereocenters. The van der Waals surface area contributed by atoms with E-state index in [0.717, 1.165) is 29.8 Å². The second-order valence-electron chi connectivity index (χ2n) is 4.11. The van der Waals surface area contributed by atoms with Crippen LogP contribution in [0.5, 0.6) is 0 Å². The van der Waals surface area contributed by atoms with E-state index in [1.807, 2.05) is 18.4 Å². The van der Waals surface area contributed by atoms with Crippen LogP contribution >= 0.6 is 11.3 Å². The number of aryl methyl sites for hydroxylation is 1. The molecule has 0 bridgehead atoms. The van der Waals surface area contributed by atoms with Gasteiger partial charge in [0.2, 0.25) is 0 Å². The van der Waals surface area contributed by atoms with Crippen LogP contribution in [0.25, 0.3) is 0 Å². The van der Waals surface area contributed by atoms with Gasteiger partial charge in [-0.15, -0.1) is 11.3 Å². The lowest BCUT2D eigenvalue weighted by molar-refractivity contribution is 0.137.